The van der Waals surface area contributed by atoms with Gasteiger partial charge in [0, 0.05) is 13.6 Å². The summed E-state index contributed by atoms with van der Waals surface area (Å²) in [6, 6.07) is 9.61. The van der Waals surface area contributed by atoms with Crippen molar-refractivity contribution in [2.75, 3.05) is 34.3 Å². The van der Waals surface area contributed by atoms with E-state index in [1.807, 2.05) is 30.3 Å². The fourth-order valence-corrected chi connectivity index (χ4v) is 1.77. The molecule has 0 radical (unpaired) electrons. The molecule has 0 bridgehead atoms. The summed E-state index contributed by atoms with van der Waals surface area (Å²) in [7, 11) is 5.37. The van der Waals surface area contributed by atoms with Crippen molar-refractivity contribution in [3.63, 3.8) is 0 Å². The van der Waals surface area contributed by atoms with Crippen LogP contribution in [-0.2, 0) is 11.2 Å². The lowest BCUT2D eigenvalue weighted by Crippen LogP contribution is -2.47. The van der Waals surface area contributed by atoms with Crippen LogP contribution in [0.5, 0.6) is 0 Å². The first kappa shape index (κ1) is 14.7. The van der Waals surface area contributed by atoms with E-state index < -0.39 is 6.04 Å². The van der Waals surface area contributed by atoms with Crippen molar-refractivity contribution in [1.29, 1.82) is 0 Å². The third kappa shape index (κ3) is 4.13. The number of aliphatic hydroxyl groups excluding tert-OH is 1. The number of rotatable bonds is 6. The molecule has 1 aromatic rings. The zero-order chi connectivity index (χ0) is 13.5. The van der Waals surface area contributed by atoms with Crippen LogP contribution in [0.3, 0.4) is 0 Å². The van der Waals surface area contributed by atoms with Crippen molar-refractivity contribution in [3.05, 3.63) is 35.9 Å². The summed E-state index contributed by atoms with van der Waals surface area (Å²) in [5, 5.41) is 9.21. The van der Waals surface area contributed by atoms with Gasteiger partial charge in [0.1, 0.15) is 6.04 Å². The van der Waals surface area contributed by atoms with E-state index in [9.17, 15) is 9.90 Å². The Morgan fingerprint density at radius 1 is 1.22 bits per heavy atom. The number of amides is 1. The van der Waals surface area contributed by atoms with E-state index in [4.69, 9.17) is 0 Å². The molecule has 0 heterocycles. The summed E-state index contributed by atoms with van der Waals surface area (Å²) in [6.07, 6.45) is 0.828. The maximum Gasteiger partial charge on any atom is 0.242 e. The Balaban J connectivity index is 2.50. The number of nitrogens with zero attached hydrogens (tertiary/aromatic N) is 2. The van der Waals surface area contributed by atoms with Crippen LogP contribution in [0.4, 0.5) is 0 Å². The molecule has 0 aliphatic carbocycles. The van der Waals surface area contributed by atoms with Gasteiger partial charge in [-0.25, -0.2) is 0 Å². The first-order valence-electron chi connectivity index (χ1n) is 6.12. The molecule has 1 N–H and O–H groups in total. The Morgan fingerprint density at radius 3 is 2.33 bits per heavy atom. The van der Waals surface area contributed by atoms with E-state index in [-0.39, 0.29) is 12.5 Å². The highest BCUT2D eigenvalue weighted by Crippen LogP contribution is 2.03. The molecular weight excluding hydrogens is 228 g/mol. The lowest BCUT2D eigenvalue weighted by atomic mass is 10.1. The summed E-state index contributed by atoms with van der Waals surface area (Å²) in [5.74, 6) is -0.0431. The predicted molar refractivity (Wildman–Crippen MR) is 72.3 cm³/mol. The highest BCUT2D eigenvalue weighted by molar-refractivity contribution is 5.81. The Bertz CT molecular complexity index is 365. The van der Waals surface area contributed by atoms with Crippen molar-refractivity contribution in [2.45, 2.75) is 12.5 Å². The van der Waals surface area contributed by atoms with Gasteiger partial charge >= 0.3 is 0 Å². The predicted octanol–water partition coefficient (Wildman–Crippen LogP) is 0.610. The van der Waals surface area contributed by atoms with Gasteiger partial charge in [0.05, 0.1) is 6.61 Å². The third-order valence-corrected chi connectivity index (χ3v) is 3.04. The maximum atomic E-state index is 12.1. The molecule has 1 aromatic carbocycles. The second-order valence-electron chi connectivity index (χ2n) is 4.66. The van der Waals surface area contributed by atoms with Crippen molar-refractivity contribution in [3.8, 4) is 0 Å². The van der Waals surface area contributed by atoms with Crippen LogP contribution < -0.4 is 0 Å². The summed E-state index contributed by atoms with van der Waals surface area (Å²) >= 11 is 0. The van der Waals surface area contributed by atoms with Gasteiger partial charge < -0.3 is 10.0 Å². The largest absolute Gasteiger partial charge is 0.394 e. The van der Waals surface area contributed by atoms with Crippen LogP contribution in [-0.4, -0.2) is 61.2 Å². The minimum atomic E-state index is -0.453. The average molecular weight is 250 g/mol. The molecule has 1 rings (SSSR count). The summed E-state index contributed by atoms with van der Waals surface area (Å²) < 4.78 is 0. The first-order chi connectivity index (χ1) is 8.56. The van der Waals surface area contributed by atoms with E-state index in [0.717, 1.165) is 6.42 Å². The number of hydrogen-bond donors (Lipinski definition) is 1. The van der Waals surface area contributed by atoms with Gasteiger partial charge in [-0.05, 0) is 26.1 Å². The van der Waals surface area contributed by atoms with E-state index in [1.165, 1.54) is 5.56 Å². The van der Waals surface area contributed by atoms with Gasteiger partial charge in [-0.2, -0.15) is 0 Å². The van der Waals surface area contributed by atoms with Gasteiger partial charge in [-0.3, -0.25) is 9.69 Å². The zero-order valence-corrected chi connectivity index (χ0v) is 11.3. The number of benzene rings is 1. The topological polar surface area (TPSA) is 43.8 Å². The van der Waals surface area contributed by atoms with Crippen LogP contribution in [0.25, 0.3) is 0 Å². The third-order valence-electron chi connectivity index (χ3n) is 3.04. The van der Waals surface area contributed by atoms with E-state index in [1.54, 1.807) is 30.9 Å². The lowest BCUT2D eigenvalue weighted by Gasteiger charge is -2.26. The molecule has 1 atom stereocenters. The maximum absolute atomic E-state index is 12.1. The summed E-state index contributed by atoms with van der Waals surface area (Å²) in [5.41, 5.74) is 1.21. The molecule has 0 aromatic heterocycles. The molecule has 0 saturated carbocycles. The summed E-state index contributed by atoms with van der Waals surface area (Å²) in [6.45, 7) is 0.509. The zero-order valence-electron chi connectivity index (χ0n) is 11.3. The van der Waals surface area contributed by atoms with Crippen LogP contribution in [0, 0.1) is 0 Å². The minimum absolute atomic E-state index is 0.0431. The van der Waals surface area contributed by atoms with Crippen LogP contribution in [0.1, 0.15) is 5.56 Å². The van der Waals surface area contributed by atoms with Gasteiger partial charge in [0.2, 0.25) is 5.91 Å². The van der Waals surface area contributed by atoms with Crippen LogP contribution >= 0.6 is 0 Å². The molecule has 0 aliphatic rings. The SMILES string of the molecule is CN(CCc1ccccc1)C(=O)[C@H](CO)N(C)C. The Hall–Kier alpha value is -1.39. The quantitative estimate of drug-likeness (QED) is 0.804. The summed E-state index contributed by atoms with van der Waals surface area (Å²) in [4.78, 5) is 15.5. The van der Waals surface area contributed by atoms with Gasteiger partial charge in [0.25, 0.3) is 0 Å². The minimum Gasteiger partial charge on any atom is -0.394 e. The number of hydrogen-bond acceptors (Lipinski definition) is 3. The van der Waals surface area contributed by atoms with Gasteiger partial charge in [0.15, 0.2) is 0 Å². The molecule has 18 heavy (non-hydrogen) atoms. The normalized spacial score (nSPS) is 12.5. The Labute approximate surface area is 109 Å². The smallest absolute Gasteiger partial charge is 0.242 e. The Morgan fingerprint density at radius 2 is 1.83 bits per heavy atom. The molecular formula is C14H22N2O2. The van der Waals surface area contributed by atoms with E-state index in [0.29, 0.717) is 6.54 Å². The van der Waals surface area contributed by atoms with E-state index >= 15 is 0 Å². The molecule has 4 nitrogen and oxygen atoms in total. The van der Waals surface area contributed by atoms with Gasteiger partial charge in [-0.15, -0.1) is 0 Å². The van der Waals surface area contributed by atoms with Gasteiger partial charge in [-0.1, -0.05) is 30.3 Å². The molecule has 1 amide bonds. The second kappa shape index (κ2) is 7.13. The molecule has 0 saturated heterocycles. The molecule has 0 unspecified atom stereocenters. The highest BCUT2D eigenvalue weighted by atomic mass is 16.3. The molecule has 4 heteroatoms. The Kier molecular flexibility index (Phi) is 5.82. The van der Waals surface area contributed by atoms with Crippen LogP contribution in [0.2, 0.25) is 0 Å². The second-order valence-corrected chi connectivity index (χ2v) is 4.66. The number of likely N-dealkylation sites (N-methyl/N-ethyl adjacent to an activating group) is 2. The fraction of sp³-hybridized carbons (Fsp3) is 0.500. The number of aliphatic hydroxyl groups is 1. The molecule has 0 fully saturated rings. The number of carbonyl (C=O) groups excluding carboxylic acids is 1. The average Bonchev–Trinajstić information content (AvgIpc) is 2.37. The van der Waals surface area contributed by atoms with Crippen LogP contribution in [0.15, 0.2) is 30.3 Å². The standard InChI is InChI=1S/C14H22N2O2/c1-15(2)13(11-17)14(18)16(3)10-9-12-7-5-4-6-8-12/h4-8,13,17H,9-11H2,1-3H3/t13-/m0/s1. The van der Waals surface area contributed by atoms with E-state index in [2.05, 4.69) is 0 Å². The monoisotopic (exact) mass is 250 g/mol. The lowest BCUT2D eigenvalue weighted by molar-refractivity contribution is -0.136. The fourth-order valence-electron chi connectivity index (χ4n) is 1.77. The van der Waals surface area contributed by atoms with Crippen molar-refractivity contribution in [1.82, 2.24) is 9.80 Å². The molecule has 0 spiro atoms. The van der Waals surface area contributed by atoms with Crippen molar-refractivity contribution in [2.24, 2.45) is 0 Å². The highest BCUT2D eigenvalue weighted by Gasteiger charge is 2.22. The first-order valence-corrected chi connectivity index (χ1v) is 6.12. The van der Waals surface area contributed by atoms with Crippen molar-refractivity contribution >= 4 is 5.91 Å². The molecule has 100 valence electrons. The molecule has 0 aliphatic heterocycles. The number of carbonyl (C=O) groups is 1. The van der Waals surface area contributed by atoms with Crippen molar-refractivity contribution < 1.29 is 9.90 Å².